The highest BCUT2D eigenvalue weighted by Crippen LogP contribution is 2.23. The lowest BCUT2D eigenvalue weighted by molar-refractivity contribution is 0.0516. The third kappa shape index (κ3) is 2.30. The van der Waals surface area contributed by atoms with Gasteiger partial charge in [-0.1, -0.05) is 12.1 Å². The van der Waals surface area contributed by atoms with E-state index >= 15 is 0 Å². The second-order valence-electron chi connectivity index (χ2n) is 4.14. The van der Waals surface area contributed by atoms with Gasteiger partial charge in [0.2, 0.25) is 0 Å². The number of aliphatic hydroxyl groups is 1. The molecule has 1 rings (SSSR count). The number of halogens is 1. The van der Waals surface area contributed by atoms with Gasteiger partial charge in [0, 0.05) is 0 Å². The Kier molecular flexibility index (Phi) is 2.92. The van der Waals surface area contributed by atoms with Gasteiger partial charge in [-0.3, -0.25) is 0 Å². The minimum Gasteiger partial charge on any atom is -0.388 e. The maximum Gasteiger partial charge on any atom is 0.126 e. The van der Waals surface area contributed by atoms with Crippen LogP contribution in [0.4, 0.5) is 4.39 Å². The van der Waals surface area contributed by atoms with Crippen molar-refractivity contribution in [2.75, 3.05) is 0 Å². The number of nitrogens with two attached hydrogens (primary N) is 1. The van der Waals surface area contributed by atoms with Crippen molar-refractivity contribution in [3.8, 4) is 0 Å². The summed E-state index contributed by atoms with van der Waals surface area (Å²) >= 11 is 0. The molecule has 0 radical (unpaired) electrons. The monoisotopic (exact) mass is 197 g/mol. The lowest BCUT2D eigenvalue weighted by atomic mass is 9.92. The fourth-order valence-corrected chi connectivity index (χ4v) is 1.21. The Labute approximate surface area is 83.6 Å². The first-order chi connectivity index (χ1) is 6.32. The molecular weight excluding hydrogens is 181 g/mol. The summed E-state index contributed by atoms with van der Waals surface area (Å²) in [5, 5.41) is 9.65. The summed E-state index contributed by atoms with van der Waals surface area (Å²) in [6, 6.07) is 4.20. The van der Waals surface area contributed by atoms with Crippen molar-refractivity contribution in [2.45, 2.75) is 32.4 Å². The summed E-state index contributed by atoms with van der Waals surface area (Å²) in [4.78, 5) is 0. The van der Waals surface area contributed by atoms with Crippen LogP contribution in [0.3, 0.4) is 0 Å². The Hall–Kier alpha value is -0.930. The van der Waals surface area contributed by atoms with Crippen LogP contribution in [0.5, 0.6) is 0 Å². The van der Waals surface area contributed by atoms with E-state index in [1.165, 1.54) is 6.07 Å². The molecule has 1 aromatic rings. The molecule has 0 heterocycles. The highest BCUT2D eigenvalue weighted by atomic mass is 19.1. The van der Waals surface area contributed by atoms with Crippen molar-refractivity contribution in [3.05, 3.63) is 35.1 Å². The topological polar surface area (TPSA) is 46.2 Å². The summed E-state index contributed by atoms with van der Waals surface area (Å²) in [6.45, 7) is 4.90. The van der Waals surface area contributed by atoms with Crippen molar-refractivity contribution in [2.24, 2.45) is 5.73 Å². The predicted molar refractivity (Wildman–Crippen MR) is 54.4 cm³/mol. The Morgan fingerprint density at radius 2 is 2.00 bits per heavy atom. The quantitative estimate of drug-likeness (QED) is 0.760. The molecule has 0 saturated heterocycles. The number of hydrogen-bond donors (Lipinski definition) is 2. The Bertz CT molecular complexity index is 331. The van der Waals surface area contributed by atoms with E-state index in [1.807, 2.05) is 0 Å². The van der Waals surface area contributed by atoms with Crippen LogP contribution < -0.4 is 5.73 Å². The lowest BCUT2D eigenvalue weighted by Gasteiger charge is -2.26. The molecule has 0 unspecified atom stereocenters. The van der Waals surface area contributed by atoms with Crippen LogP contribution >= 0.6 is 0 Å². The Morgan fingerprint density at radius 3 is 2.43 bits per heavy atom. The summed E-state index contributed by atoms with van der Waals surface area (Å²) in [6.07, 6.45) is 0. The molecule has 14 heavy (non-hydrogen) atoms. The summed E-state index contributed by atoms with van der Waals surface area (Å²) in [5.41, 5.74) is 5.93. The molecule has 2 nitrogen and oxygen atoms in total. The zero-order chi connectivity index (χ0) is 10.9. The maximum atomic E-state index is 13.2. The molecule has 0 aromatic heterocycles. The maximum absolute atomic E-state index is 13.2. The van der Waals surface area contributed by atoms with Crippen molar-refractivity contribution in [1.82, 2.24) is 0 Å². The highest BCUT2D eigenvalue weighted by Gasteiger charge is 2.24. The second-order valence-corrected chi connectivity index (χ2v) is 4.14. The molecule has 3 N–H and O–H groups in total. The molecule has 3 heteroatoms. The number of benzene rings is 1. The van der Waals surface area contributed by atoms with Crippen molar-refractivity contribution >= 4 is 0 Å². The molecule has 1 atom stereocenters. The molecule has 0 aliphatic rings. The van der Waals surface area contributed by atoms with Gasteiger partial charge in [0.05, 0.1) is 11.6 Å². The van der Waals surface area contributed by atoms with Gasteiger partial charge in [0.15, 0.2) is 0 Å². The SMILES string of the molecule is Cc1ccc([C@H](N)C(C)(C)O)cc1F. The minimum absolute atomic E-state index is 0.290. The number of aryl methyl sites for hydroxylation is 1. The zero-order valence-corrected chi connectivity index (χ0v) is 8.71. The third-order valence-corrected chi connectivity index (χ3v) is 2.32. The van der Waals surface area contributed by atoms with Crippen LogP contribution in [0.25, 0.3) is 0 Å². The van der Waals surface area contributed by atoms with E-state index in [2.05, 4.69) is 0 Å². The Morgan fingerprint density at radius 1 is 1.43 bits per heavy atom. The third-order valence-electron chi connectivity index (χ3n) is 2.32. The largest absolute Gasteiger partial charge is 0.388 e. The summed E-state index contributed by atoms with van der Waals surface area (Å²) < 4.78 is 13.2. The molecule has 78 valence electrons. The van der Waals surface area contributed by atoms with Crippen LogP contribution in [0.2, 0.25) is 0 Å². The van der Waals surface area contributed by atoms with Gasteiger partial charge in [-0.2, -0.15) is 0 Å². The molecule has 0 fully saturated rings. The molecule has 0 amide bonds. The van der Waals surface area contributed by atoms with E-state index in [0.717, 1.165) is 0 Å². The molecule has 1 aromatic carbocycles. The first-order valence-electron chi connectivity index (χ1n) is 4.56. The van der Waals surface area contributed by atoms with Crippen LogP contribution in [0, 0.1) is 12.7 Å². The lowest BCUT2D eigenvalue weighted by Crippen LogP contribution is -2.35. The van der Waals surface area contributed by atoms with Crippen LogP contribution in [-0.4, -0.2) is 10.7 Å². The highest BCUT2D eigenvalue weighted by molar-refractivity contribution is 5.27. The molecular formula is C11H16FNO. The molecule has 0 saturated carbocycles. The summed E-state index contributed by atoms with van der Waals surface area (Å²) in [5.74, 6) is -0.290. The predicted octanol–water partition coefficient (Wildman–Crippen LogP) is 1.90. The fourth-order valence-electron chi connectivity index (χ4n) is 1.21. The number of rotatable bonds is 2. The average Bonchev–Trinajstić information content (AvgIpc) is 2.07. The Balaban J connectivity index is 3.03. The van der Waals surface area contributed by atoms with Crippen LogP contribution in [0.15, 0.2) is 18.2 Å². The van der Waals surface area contributed by atoms with Gasteiger partial charge in [-0.05, 0) is 38.0 Å². The minimum atomic E-state index is -1.04. The van der Waals surface area contributed by atoms with Gasteiger partial charge < -0.3 is 10.8 Å². The van der Waals surface area contributed by atoms with Gasteiger partial charge in [-0.15, -0.1) is 0 Å². The van der Waals surface area contributed by atoms with E-state index < -0.39 is 11.6 Å². The zero-order valence-electron chi connectivity index (χ0n) is 8.71. The smallest absolute Gasteiger partial charge is 0.126 e. The van der Waals surface area contributed by atoms with E-state index in [0.29, 0.717) is 11.1 Å². The van der Waals surface area contributed by atoms with E-state index in [9.17, 15) is 9.50 Å². The van der Waals surface area contributed by atoms with Crippen LogP contribution in [-0.2, 0) is 0 Å². The van der Waals surface area contributed by atoms with E-state index in [-0.39, 0.29) is 5.82 Å². The first-order valence-corrected chi connectivity index (χ1v) is 4.56. The van der Waals surface area contributed by atoms with Crippen molar-refractivity contribution < 1.29 is 9.50 Å². The van der Waals surface area contributed by atoms with E-state index in [1.54, 1.807) is 32.9 Å². The van der Waals surface area contributed by atoms with Crippen molar-refractivity contribution in [3.63, 3.8) is 0 Å². The molecule has 0 aliphatic heterocycles. The van der Waals surface area contributed by atoms with Gasteiger partial charge in [-0.25, -0.2) is 4.39 Å². The molecule has 0 spiro atoms. The van der Waals surface area contributed by atoms with E-state index in [4.69, 9.17) is 5.73 Å². The standard InChI is InChI=1S/C11H16FNO/c1-7-4-5-8(6-9(7)12)10(13)11(2,3)14/h4-6,10,14H,13H2,1-3H3/t10-/m0/s1. The van der Waals surface area contributed by atoms with Crippen molar-refractivity contribution in [1.29, 1.82) is 0 Å². The normalized spacial score (nSPS) is 14.1. The average molecular weight is 197 g/mol. The van der Waals surface area contributed by atoms with Crippen LogP contribution in [0.1, 0.15) is 31.0 Å². The van der Waals surface area contributed by atoms with Gasteiger partial charge in [0.25, 0.3) is 0 Å². The fraction of sp³-hybridized carbons (Fsp3) is 0.455. The molecule has 0 bridgehead atoms. The van der Waals surface area contributed by atoms with Gasteiger partial charge >= 0.3 is 0 Å². The first kappa shape index (κ1) is 11.1. The van der Waals surface area contributed by atoms with Gasteiger partial charge in [0.1, 0.15) is 5.82 Å². The summed E-state index contributed by atoms with van der Waals surface area (Å²) in [7, 11) is 0. The second kappa shape index (κ2) is 3.67. The molecule has 0 aliphatic carbocycles. The number of hydrogen-bond acceptors (Lipinski definition) is 2.